The number of amidine groups is 1. The third-order valence-corrected chi connectivity index (χ3v) is 5.14. The summed E-state index contributed by atoms with van der Waals surface area (Å²) in [4.78, 5) is 8.96. The van der Waals surface area contributed by atoms with Gasteiger partial charge in [-0.15, -0.1) is 0 Å². The molecule has 0 saturated carbocycles. The standard InChI is InChI=1S/C23H23F2N3O2/c1-23(14-29-13-21(26)28-23)19-10-15(5-6-20(19)25)9-16-3-2-4-17-11-18(30-8-7-24)12-27-22(16)17/h2-6,10-12H,7-9,13-14H2,1H3,(H2,26,28)/t23-/m0/s1. The molecule has 0 saturated heterocycles. The minimum Gasteiger partial charge on any atom is -0.489 e. The van der Waals surface area contributed by atoms with E-state index in [1.54, 1.807) is 12.3 Å². The predicted molar refractivity (Wildman–Crippen MR) is 112 cm³/mol. The van der Waals surface area contributed by atoms with Gasteiger partial charge in [-0.05, 0) is 36.6 Å². The smallest absolute Gasteiger partial charge is 0.138 e. The van der Waals surface area contributed by atoms with E-state index in [2.05, 4.69) is 9.98 Å². The molecular formula is C23H23F2N3O2. The number of hydrogen-bond donors (Lipinski definition) is 1. The van der Waals surface area contributed by atoms with Crippen LogP contribution in [0.1, 0.15) is 23.6 Å². The minimum atomic E-state index is -0.859. The van der Waals surface area contributed by atoms with Gasteiger partial charge in [-0.3, -0.25) is 9.98 Å². The zero-order chi connectivity index (χ0) is 21.1. The number of benzene rings is 2. The van der Waals surface area contributed by atoms with Crippen LogP contribution in [-0.2, 0) is 16.7 Å². The molecule has 0 amide bonds. The van der Waals surface area contributed by atoms with Gasteiger partial charge in [0.1, 0.15) is 42.8 Å². The van der Waals surface area contributed by atoms with Gasteiger partial charge in [0.15, 0.2) is 0 Å². The highest BCUT2D eigenvalue weighted by Gasteiger charge is 2.32. The SMILES string of the molecule is C[C@@]1(c2cc(Cc3cccc4cc(OCCF)cnc34)ccc2F)COCC(N)=N1. The fourth-order valence-electron chi connectivity index (χ4n) is 3.77. The second kappa shape index (κ2) is 8.36. The number of nitrogens with two attached hydrogens (primary N) is 1. The lowest BCUT2D eigenvalue weighted by Crippen LogP contribution is -2.38. The van der Waals surface area contributed by atoms with Crippen molar-refractivity contribution in [3.63, 3.8) is 0 Å². The van der Waals surface area contributed by atoms with Crippen LogP contribution in [0.2, 0.25) is 0 Å². The maximum Gasteiger partial charge on any atom is 0.138 e. The molecule has 30 heavy (non-hydrogen) atoms. The molecule has 7 heteroatoms. The Hall–Kier alpha value is -3.06. The molecule has 2 N–H and O–H groups in total. The van der Waals surface area contributed by atoms with Crippen LogP contribution in [0, 0.1) is 5.82 Å². The number of aliphatic imine (C=N–C) groups is 1. The quantitative estimate of drug-likeness (QED) is 0.668. The van der Waals surface area contributed by atoms with Gasteiger partial charge in [-0.25, -0.2) is 8.78 Å². The number of rotatable bonds is 6. The van der Waals surface area contributed by atoms with E-state index < -0.39 is 12.2 Å². The van der Waals surface area contributed by atoms with E-state index in [0.717, 1.165) is 22.0 Å². The van der Waals surface area contributed by atoms with Crippen LogP contribution in [0.25, 0.3) is 10.9 Å². The van der Waals surface area contributed by atoms with Gasteiger partial charge in [0.2, 0.25) is 0 Å². The molecule has 1 atom stereocenters. The van der Waals surface area contributed by atoms with Crippen molar-refractivity contribution in [3.8, 4) is 5.75 Å². The Balaban J connectivity index is 1.66. The Bertz CT molecular complexity index is 1100. The van der Waals surface area contributed by atoms with E-state index in [4.69, 9.17) is 15.2 Å². The summed E-state index contributed by atoms with van der Waals surface area (Å²) in [7, 11) is 0. The van der Waals surface area contributed by atoms with E-state index in [1.807, 2.05) is 37.3 Å². The fourth-order valence-corrected chi connectivity index (χ4v) is 3.77. The second-order valence-electron chi connectivity index (χ2n) is 7.56. The van der Waals surface area contributed by atoms with Crippen molar-refractivity contribution >= 4 is 16.7 Å². The first-order valence-corrected chi connectivity index (χ1v) is 9.76. The molecule has 1 aliphatic heterocycles. The van der Waals surface area contributed by atoms with Crippen LogP contribution in [0.15, 0.2) is 53.7 Å². The molecular weight excluding hydrogens is 388 g/mol. The van der Waals surface area contributed by atoms with Gasteiger partial charge in [0.05, 0.1) is 18.3 Å². The number of ether oxygens (including phenoxy) is 2. The third-order valence-electron chi connectivity index (χ3n) is 5.14. The van der Waals surface area contributed by atoms with Crippen molar-refractivity contribution in [2.45, 2.75) is 18.9 Å². The Morgan fingerprint density at radius 3 is 2.90 bits per heavy atom. The first-order valence-electron chi connectivity index (χ1n) is 9.76. The third kappa shape index (κ3) is 4.11. The van der Waals surface area contributed by atoms with Crippen molar-refractivity contribution in [1.82, 2.24) is 4.98 Å². The maximum atomic E-state index is 14.6. The van der Waals surface area contributed by atoms with E-state index in [1.165, 1.54) is 6.07 Å². The van der Waals surface area contributed by atoms with E-state index in [-0.39, 0.29) is 25.6 Å². The van der Waals surface area contributed by atoms with Crippen LogP contribution < -0.4 is 10.5 Å². The van der Waals surface area contributed by atoms with Gasteiger partial charge < -0.3 is 15.2 Å². The zero-order valence-corrected chi connectivity index (χ0v) is 16.7. The highest BCUT2D eigenvalue weighted by atomic mass is 19.1. The Kier molecular flexibility index (Phi) is 5.63. The van der Waals surface area contributed by atoms with Crippen LogP contribution in [0.3, 0.4) is 0 Å². The highest BCUT2D eigenvalue weighted by molar-refractivity contribution is 5.83. The van der Waals surface area contributed by atoms with Gasteiger partial charge >= 0.3 is 0 Å². The van der Waals surface area contributed by atoms with Crippen molar-refractivity contribution in [1.29, 1.82) is 0 Å². The summed E-state index contributed by atoms with van der Waals surface area (Å²) in [5, 5.41) is 0.899. The summed E-state index contributed by atoms with van der Waals surface area (Å²) in [5.41, 5.74) is 8.17. The van der Waals surface area contributed by atoms with Crippen LogP contribution >= 0.6 is 0 Å². The van der Waals surface area contributed by atoms with Crippen molar-refractivity contribution in [2.24, 2.45) is 10.7 Å². The second-order valence-corrected chi connectivity index (χ2v) is 7.56. The molecule has 0 aliphatic carbocycles. The number of para-hydroxylation sites is 1. The van der Waals surface area contributed by atoms with Crippen molar-refractivity contribution in [2.75, 3.05) is 26.5 Å². The molecule has 2 aromatic carbocycles. The summed E-state index contributed by atoms with van der Waals surface area (Å²) >= 11 is 0. The molecule has 0 bridgehead atoms. The van der Waals surface area contributed by atoms with E-state index >= 15 is 0 Å². The molecule has 1 aliphatic rings. The Morgan fingerprint density at radius 1 is 1.23 bits per heavy atom. The number of halogens is 2. The molecule has 0 radical (unpaired) electrons. The molecule has 2 heterocycles. The number of alkyl halides is 1. The molecule has 0 fully saturated rings. The number of hydrogen-bond acceptors (Lipinski definition) is 5. The molecule has 0 spiro atoms. The molecule has 5 nitrogen and oxygen atoms in total. The van der Waals surface area contributed by atoms with E-state index in [0.29, 0.717) is 23.6 Å². The molecule has 156 valence electrons. The Labute approximate surface area is 173 Å². The summed E-state index contributed by atoms with van der Waals surface area (Å²) in [6.45, 7) is 1.80. The average molecular weight is 411 g/mol. The monoisotopic (exact) mass is 411 g/mol. The number of aromatic nitrogens is 1. The summed E-state index contributed by atoms with van der Waals surface area (Å²) in [6.07, 6.45) is 2.16. The maximum absolute atomic E-state index is 14.6. The number of pyridine rings is 1. The van der Waals surface area contributed by atoms with Crippen molar-refractivity contribution < 1.29 is 18.3 Å². The summed E-state index contributed by atoms with van der Waals surface area (Å²) in [6, 6.07) is 12.7. The first-order chi connectivity index (χ1) is 14.5. The van der Waals surface area contributed by atoms with Crippen LogP contribution in [0.4, 0.5) is 8.78 Å². The van der Waals surface area contributed by atoms with Crippen LogP contribution in [0.5, 0.6) is 5.75 Å². The van der Waals surface area contributed by atoms with Crippen LogP contribution in [-0.4, -0.2) is 37.3 Å². The number of nitrogens with zero attached hydrogens (tertiary/aromatic N) is 2. The van der Waals surface area contributed by atoms with Gasteiger partial charge in [-0.1, -0.05) is 30.3 Å². The molecule has 0 unspecified atom stereocenters. The highest BCUT2D eigenvalue weighted by Crippen LogP contribution is 2.32. The molecule has 1 aromatic heterocycles. The van der Waals surface area contributed by atoms with E-state index in [9.17, 15) is 8.78 Å². The fraction of sp³-hybridized carbons (Fsp3) is 0.304. The Morgan fingerprint density at radius 2 is 2.10 bits per heavy atom. The molecule has 4 rings (SSSR count). The normalized spacial score (nSPS) is 19.0. The lowest BCUT2D eigenvalue weighted by molar-refractivity contribution is 0.104. The first kappa shape index (κ1) is 20.2. The van der Waals surface area contributed by atoms with Gasteiger partial charge in [0.25, 0.3) is 0 Å². The summed E-state index contributed by atoms with van der Waals surface area (Å²) < 4.78 is 37.8. The topological polar surface area (TPSA) is 69.7 Å². The summed E-state index contributed by atoms with van der Waals surface area (Å²) in [5.74, 6) is 0.550. The minimum absolute atomic E-state index is 0.000706. The van der Waals surface area contributed by atoms with Crippen molar-refractivity contribution in [3.05, 3.63) is 71.2 Å². The lowest BCUT2D eigenvalue weighted by Gasteiger charge is -2.30. The molecule has 3 aromatic rings. The predicted octanol–water partition coefficient (Wildman–Crippen LogP) is 3.92. The zero-order valence-electron chi connectivity index (χ0n) is 16.7. The lowest BCUT2D eigenvalue weighted by atomic mass is 9.89. The largest absolute Gasteiger partial charge is 0.489 e. The van der Waals surface area contributed by atoms with Gasteiger partial charge in [0, 0.05) is 10.9 Å². The number of fused-ring (bicyclic) bond motifs is 1. The average Bonchev–Trinajstić information content (AvgIpc) is 2.73. The van der Waals surface area contributed by atoms with Gasteiger partial charge in [-0.2, -0.15) is 0 Å².